The third-order valence-corrected chi connectivity index (χ3v) is 6.83. The van der Waals surface area contributed by atoms with Crippen LogP contribution in [0.25, 0.3) is 16.8 Å². The van der Waals surface area contributed by atoms with Crippen LogP contribution in [0.3, 0.4) is 0 Å². The molecule has 2 bridgehead atoms. The van der Waals surface area contributed by atoms with Crippen LogP contribution in [0, 0.1) is 17.5 Å². The molecule has 3 aromatic heterocycles. The number of benzene rings is 1. The van der Waals surface area contributed by atoms with Gasteiger partial charge >= 0.3 is 0 Å². The van der Waals surface area contributed by atoms with Crippen molar-refractivity contribution in [2.24, 2.45) is 7.05 Å². The first-order valence-electron chi connectivity index (χ1n) is 10.9. The number of aryl methyl sites for hydroxylation is 1. The van der Waals surface area contributed by atoms with Crippen molar-refractivity contribution in [2.75, 3.05) is 0 Å². The minimum atomic E-state index is -1.49. The topological polar surface area (TPSA) is 55.4 Å². The number of carbonyl (C=O) groups is 1. The molecule has 9 heteroatoms. The van der Waals surface area contributed by atoms with Crippen LogP contribution >= 0.6 is 0 Å². The summed E-state index contributed by atoms with van der Waals surface area (Å²) in [6.45, 7) is 0. The molecule has 2 aliphatic rings. The molecule has 168 valence electrons. The number of fused-ring (bicyclic) bond motifs is 5. The van der Waals surface area contributed by atoms with Gasteiger partial charge in [0.15, 0.2) is 17.5 Å². The summed E-state index contributed by atoms with van der Waals surface area (Å²) in [5.41, 5.74) is 3.84. The summed E-state index contributed by atoms with van der Waals surface area (Å²) < 4.78 is 44.9. The second-order valence-corrected chi connectivity index (χ2v) is 8.75. The summed E-state index contributed by atoms with van der Waals surface area (Å²) in [5.74, 6) is -4.02. The van der Waals surface area contributed by atoms with Gasteiger partial charge in [0.25, 0.3) is 5.91 Å². The molecule has 2 atom stereocenters. The summed E-state index contributed by atoms with van der Waals surface area (Å²) >= 11 is 0. The zero-order valence-electron chi connectivity index (χ0n) is 17.8. The van der Waals surface area contributed by atoms with E-state index in [1.165, 1.54) is 0 Å². The number of hydrogen-bond donors (Lipinski definition) is 0. The predicted molar refractivity (Wildman–Crippen MR) is 114 cm³/mol. The highest BCUT2D eigenvalue weighted by molar-refractivity contribution is 5.96. The Hall–Kier alpha value is -3.62. The van der Waals surface area contributed by atoms with Crippen molar-refractivity contribution in [3.63, 3.8) is 0 Å². The molecule has 1 aromatic carbocycles. The van der Waals surface area contributed by atoms with Crippen molar-refractivity contribution >= 4 is 11.4 Å². The van der Waals surface area contributed by atoms with Crippen molar-refractivity contribution in [2.45, 2.75) is 37.8 Å². The lowest BCUT2D eigenvalue weighted by Gasteiger charge is -2.45. The SMILES string of the molecule is Cn1nc2c(c1-c1cc(F)c(F)c(F)c1)C[C@H]1CCC[C@@H]2N1C(=O)c1ccn2cncc2c1. The molecule has 0 aliphatic carbocycles. The molecule has 1 saturated heterocycles. The first-order chi connectivity index (χ1) is 15.9. The zero-order valence-corrected chi connectivity index (χ0v) is 17.8. The van der Waals surface area contributed by atoms with Crippen LogP contribution in [-0.4, -0.2) is 36.0 Å². The highest BCUT2D eigenvalue weighted by Crippen LogP contribution is 2.45. The second kappa shape index (κ2) is 7.19. The van der Waals surface area contributed by atoms with Crippen LogP contribution in [0.15, 0.2) is 43.0 Å². The van der Waals surface area contributed by atoms with E-state index in [1.54, 1.807) is 30.3 Å². The lowest BCUT2D eigenvalue weighted by Crippen LogP contribution is -2.49. The number of pyridine rings is 1. The van der Waals surface area contributed by atoms with Gasteiger partial charge in [-0.1, -0.05) is 0 Å². The summed E-state index contributed by atoms with van der Waals surface area (Å²) in [5, 5.41) is 4.67. The van der Waals surface area contributed by atoms with E-state index in [2.05, 4.69) is 10.1 Å². The van der Waals surface area contributed by atoms with Crippen molar-refractivity contribution < 1.29 is 18.0 Å². The highest BCUT2D eigenvalue weighted by Gasteiger charge is 2.43. The molecule has 0 N–H and O–H groups in total. The minimum Gasteiger partial charge on any atom is -0.327 e. The van der Waals surface area contributed by atoms with Crippen molar-refractivity contribution in [3.8, 4) is 11.3 Å². The van der Waals surface area contributed by atoms with Gasteiger partial charge in [0.2, 0.25) is 0 Å². The van der Waals surface area contributed by atoms with Crippen LogP contribution in [0.1, 0.15) is 46.9 Å². The van der Waals surface area contributed by atoms with Crippen molar-refractivity contribution in [3.05, 3.63) is 77.3 Å². The first-order valence-corrected chi connectivity index (χ1v) is 10.9. The van der Waals surface area contributed by atoms with Crippen LogP contribution in [0.4, 0.5) is 13.2 Å². The third kappa shape index (κ3) is 2.98. The molecule has 0 radical (unpaired) electrons. The van der Waals surface area contributed by atoms with Gasteiger partial charge in [-0.3, -0.25) is 9.48 Å². The molecule has 0 spiro atoms. The van der Waals surface area contributed by atoms with Gasteiger partial charge in [0.05, 0.1) is 35.5 Å². The van der Waals surface area contributed by atoms with Crippen LogP contribution < -0.4 is 0 Å². The van der Waals surface area contributed by atoms with Crippen molar-refractivity contribution in [1.29, 1.82) is 0 Å². The Morgan fingerprint density at radius 3 is 2.70 bits per heavy atom. The number of piperidine rings is 1. The molecule has 5 heterocycles. The van der Waals surface area contributed by atoms with Crippen LogP contribution in [0.2, 0.25) is 0 Å². The van der Waals surface area contributed by atoms with E-state index in [0.717, 1.165) is 48.2 Å². The zero-order chi connectivity index (χ0) is 22.9. The minimum absolute atomic E-state index is 0.0528. The van der Waals surface area contributed by atoms with Gasteiger partial charge < -0.3 is 9.30 Å². The number of hydrogen-bond acceptors (Lipinski definition) is 3. The van der Waals surface area contributed by atoms with Gasteiger partial charge in [-0.25, -0.2) is 18.2 Å². The van der Waals surface area contributed by atoms with E-state index < -0.39 is 17.5 Å². The molecular weight excluding hydrogens is 431 g/mol. The molecule has 4 aromatic rings. The number of aromatic nitrogens is 4. The van der Waals surface area contributed by atoms with Crippen LogP contribution in [0.5, 0.6) is 0 Å². The Balaban J connectivity index is 1.43. The standard InChI is InChI=1S/C24H20F3N5O/c1-30-23(14-8-18(25)21(27)19(26)9-14)17-10-15-3-2-4-20(22(17)29-30)32(15)24(33)13-5-6-31-12-28-11-16(31)7-13/h5-9,11-12,15,20H,2-4,10H2,1H3/t15-,20+/m1/s1. The highest BCUT2D eigenvalue weighted by atomic mass is 19.2. The van der Waals surface area contributed by atoms with E-state index in [0.29, 0.717) is 17.7 Å². The maximum Gasteiger partial charge on any atom is 0.254 e. The van der Waals surface area contributed by atoms with Crippen LogP contribution in [-0.2, 0) is 13.5 Å². The number of amides is 1. The van der Waals surface area contributed by atoms with E-state index in [9.17, 15) is 18.0 Å². The largest absolute Gasteiger partial charge is 0.327 e. The van der Waals surface area contributed by atoms with E-state index in [-0.39, 0.29) is 23.6 Å². The van der Waals surface area contributed by atoms with Gasteiger partial charge in [0.1, 0.15) is 0 Å². The Morgan fingerprint density at radius 2 is 1.91 bits per heavy atom. The van der Waals surface area contributed by atoms with Gasteiger partial charge in [-0.15, -0.1) is 0 Å². The Kier molecular flexibility index (Phi) is 4.36. The molecule has 1 amide bonds. The normalized spacial score (nSPS) is 19.7. The maximum atomic E-state index is 14.0. The van der Waals surface area contributed by atoms with E-state index in [4.69, 9.17) is 0 Å². The predicted octanol–water partition coefficient (Wildman–Crippen LogP) is 4.44. The Bertz CT molecular complexity index is 1400. The lowest BCUT2D eigenvalue weighted by molar-refractivity contribution is 0.0392. The summed E-state index contributed by atoms with van der Waals surface area (Å²) in [7, 11) is 1.70. The number of nitrogens with zero attached hydrogens (tertiary/aromatic N) is 5. The molecule has 0 unspecified atom stereocenters. The third-order valence-electron chi connectivity index (χ3n) is 6.83. The second-order valence-electron chi connectivity index (χ2n) is 8.75. The molecule has 6 nitrogen and oxygen atoms in total. The molecule has 33 heavy (non-hydrogen) atoms. The molecule has 0 saturated carbocycles. The fourth-order valence-electron chi connectivity index (χ4n) is 5.40. The Labute approximate surface area is 187 Å². The van der Waals surface area contributed by atoms with Gasteiger partial charge in [0, 0.05) is 36.0 Å². The van der Waals surface area contributed by atoms with E-state index in [1.807, 2.05) is 21.6 Å². The maximum absolute atomic E-state index is 14.0. The number of carbonyl (C=O) groups excluding carboxylic acids is 1. The molecule has 6 rings (SSSR count). The quantitative estimate of drug-likeness (QED) is 0.424. The summed E-state index contributed by atoms with van der Waals surface area (Å²) in [6.07, 6.45) is 8.28. The summed E-state index contributed by atoms with van der Waals surface area (Å²) in [6, 6.07) is 5.34. The molecule has 1 fully saturated rings. The monoisotopic (exact) mass is 451 g/mol. The first kappa shape index (κ1) is 20.0. The number of halogens is 3. The molecular formula is C24H20F3N5O. The van der Waals surface area contributed by atoms with Crippen molar-refractivity contribution in [1.82, 2.24) is 24.1 Å². The lowest BCUT2D eigenvalue weighted by atomic mass is 9.81. The Morgan fingerprint density at radius 1 is 1.12 bits per heavy atom. The summed E-state index contributed by atoms with van der Waals surface area (Å²) in [4.78, 5) is 19.6. The molecule has 2 aliphatic heterocycles. The smallest absolute Gasteiger partial charge is 0.254 e. The average molecular weight is 451 g/mol. The fraction of sp³-hybridized carbons (Fsp3) is 0.292. The number of rotatable bonds is 2. The number of imidazole rings is 1. The average Bonchev–Trinajstić information content (AvgIpc) is 3.39. The van der Waals surface area contributed by atoms with Gasteiger partial charge in [-0.2, -0.15) is 5.10 Å². The van der Waals surface area contributed by atoms with Gasteiger partial charge in [-0.05, 0) is 49.9 Å². The van der Waals surface area contributed by atoms with E-state index >= 15 is 0 Å². The fourth-order valence-corrected chi connectivity index (χ4v) is 5.40.